The van der Waals surface area contributed by atoms with Gasteiger partial charge in [0.15, 0.2) is 5.82 Å². The molecule has 0 bridgehead atoms. The zero-order valence-electron chi connectivity index (χ0n) is 10.1. The Labute approximate surface area is 126 Å². The first kappa shape index (κ1) is 15.9. The molecule has 1 aromatic heterocycles. The molecular formula is C11H7Cl2F3N2O3. The number of phenolic OH excluding ortho intramolecular Hbond substituents is 1. The minimum Gasteiger partial charge on any atom is -0.506 e. The molecule has 0 aliphatic heterocycles. The molecule has 0 unspecified atom stereocenters. The number of hydrogen-bond acceptors (Lipinski definition) is 5. The Balaban J connectivity index is 2.13. The molecule has 0 amide bonds. The van der Waals surface area contributed by atoms with Gasteiger partial charge in [-0.05, 0) is 12.1 Å². The highest BCUT2D eigenvalue weighted by Gasteiger charge is 2.27. The third kappa shape index (κ3) is 4.23. The monoisotopic (exact) mass is 342 g/mol. The maximum Gasteiger partial charge on any atom is 0.411 e. The minimum absolute atomic E-state index is 0.0226. The standard InChI is InChI=1S/C11H7Cl2F3N2O3/c12-5-1-6(9(19)7(13)2-5)10-17-8(18-21-10)3-20-4-11(14,15)16/h1-2,19H,3-4H2. The molecule has 21 heavy (non-hydrogen) atoms. The van der Waals surface area contributed by atoms with Gasteiger partial charge in [-0.1, -0.05) is 28.4 Å². The summed E-state index contributed by atoms with van der Waals surface area (Å²) in [4.78, 5) is 3.80. The summed E-state index contributed by atoms with van der Waals surface area (Å²) < 4.78 is 45.0. The van der Waals surface area contributed by atoms with Crippen LogP contribution in [-0.2, 0) is 11.3 Å². The predicted molar refractivity (Wildman–Crippen MR) is 67.1 cm³/mol. The number of aromatic hydroxyl groups is 1. The highest BCUT2D eigenvalue weighted by Crippen LogP contribution is 2.37. The largest absolute Gasteiger partial charge is 0.506 e. The summed E-state index contributed by atoms with van der Waals surface area (Å²) in [6.07, 6.45) is -4.44. The second-order valence-corrected chi connectivity index (χ2v) is 4.75. The maximum absolute atomic E-state index is 11.9. The first-order chi connectivity index (χ1) is 9.76. The summed E-state index contributed by atoms with van der Waals surface area (Å²) in [5, 5.41) is 13.4. The first-order valence-electron chi connectivity index (χ1n) is 5.42. The van der Waals surface area contributed by atoms with Gasteiger partial charge in [-0.2, -0.15) is 18.2 Å². The van der Waals surface area contributed by atoms with E-state index in [2.05, 4.69) is 14.9 Å². The molecule has 114 valence electrons. The Kier molecular flexibility index (Phi) is 4.60. The van der Waals surface area contributed by atoms with Crippen LogP contribution in [-0.4, -0.2) is 28.0 Å². The fraction of sp³-hybridized carbons (Fsp3) is 0.273. The second kappa shape index (κ2) is 6.08. The van der Waals surface area contributed by atoms with Crippen molar-refractivity contribution in [3.05, 3.63) is 28.0 Å². The van der Waals surface area contributed by atoms with E-state index in [0.717, 1.165) is 0 Å². The lowest BCUT2D eigenvalue weighted by molar-refractivity contribution is -0.177. The Morgan fingerprint density at radius 1 is 1.29 bits per heavy atom. The van der Waals surface area contributed by atoms with Gasteiger partial charge in [-0.3, -0.25) is 0 Å². The van der Waals surface area contributed by atoms with Crippen molar-refractivity contribution in [3.63, 3.8) is 0 Å². The molecule has 10 heteroatoms. The molecule has 0 aliphatic rings. The van der Waals surface area contributed by atoms with Crippen molar-refractivity contribution in [1.29, 1.82) is 0 Å². The summed E-state index contributed by atoms with van der Waals surface area (Å²) in [6, 6.07) is 2.64. The lowest BCUT2D eigenvalue weighted by Gasteiger charge is -2.04. The molecule has 0 atom stereocenters. The van der Waals surface area contributed by atoms with Crippen molar-refractivity contribution >= 4 is 23.2 Å². The Hall–Kier alpha value is -1.51. The molecule has 1 heterocycles. The molecule has 0 saturated carbocycles. The van der Waals surface area contributed by atoms with Gasteiger partial charge in [-0.15, -0.1) is 0 Å². The first-order valence-corrected chi connectivity index (χ1v) is 6.17. The normalized spacial score (nSPS) is 11.9. The van der Waals surface area contributed by atoms with E-state index in [-0.39, 0.29) is 33.1 Å². The average Bonchev–Trinajstić information content (AvgIpc) is 2.80. The number of alkyl halides is 3. The number of hydrogen-bond donors (Lipinski definition) is 1. The average molecular weight is 343 g/mol. The molecule has 1 N–H and O–H groups in total. The van der Waals surface area contributed by atoms with E-state index in [1.807, 2.05) is 0 Å². The maximum atomic E-state index is 11.9. The third-order valence-corrected chi connectivity index (χ3v) is 2.73. The molecular weight excluding hydrogens is 336 g/mol. The summed E-state index contributed by atoms with van der Waals surface area (Å²) in [5.41, 5.74) is 0.0714. The van der Waals surface area contributed by atoms with E-state index in [4.69, 9.17) is 27.7 Å². The zero-order chi connectivity index (χ0) is 15.6. The Bertz CT molecular complexity index is 646. The Morgan fingerprint density at radius 3 is 2.67 bits per heavy atom. The molecule has 2 aromatic rings. The zero-order valence-corrected chi connectivity index (χ0v) is 11.6. The Morgan fingerprint density at radius 2 is 2.00 bits per heavy atom. The number of phenols is 1. The van der Waals surface area contributed by atoms with Crippen molar-refractivity contribution in [2.45, 2.75) is 12.8 Å². The summed E-state index contributed by atoms with van der Waals surface area (Å²) in [6.45, 7) is -1.91. The van der Waals surface area contributed by atoms with Crippen molar-refractivity contribution in [2.75, 3.05) is 6.61 Å². The van der Waals surface area contributed by atoms with Crippen molar-refractivity contribution in [2.24, 2.45) is 0 Å². The molecule has 2 rings (SSSR count). The lowest BCUT2D eigenvalue weighted by atomic mass is 10.2. The number of nitrogens with zero attached hydrogens (tertiary/aromatic N) is 2. The third-order valence-electron chi connectivity index (χ3n) is 2.22. The molecule has 0 radical (unpaired) electrons. The summed E-state index contributed by atoms with van der Waals surface area (Å²) in [7, 11) is 0. The molecule has 0 spiro atoms. The topological polar surface area (TPSA) is 68.4 Å². The molecule has 0 saturated heterocycles. The van der Waals surface area contributed by atoms with Crippen LogP contribution >= 0.6 is 23.2 Å². The van der Waals surface area contributed by atoms with Crippen LogP contribution in [0.1, 0.15) is 5.82 Å². The van der Waals surface area contributed by atoms with Gasteiger partial charge in [0.1, 0.15) is 19.0 Å². The number of aromatic nitrogens is 2. The van der Waals surface area contributed by atoms with Crippen LogP contribution in [0.25, 0.3) is 11.5 Å². The molecule has 0 fully saturated rings. The van der Waals surface area contributed by atoms with Gasteiger partial charge in [0.25, 0.3) is 5.89 Å². The lowest BCUT2D eigenvalue weighted by Crippen LogP contribution is -2.16. The van der Waals surface area contributed by atoms with E-state index >= 15 is 0 Å². The molecule has 5 nitrogen and oxygen atoms in total. The summed E-state index contributed by atoms with van der Waals surface area (Å²) >= 11 is 11.5. The van der Waals surface area contributed by atoms with E-state index in [1.165, 1.54) is 12.1 Å². The van der Waals surface area contributed by atoms with Gasteiger partial charge < -0.3 is 14.4 Å². The number of ether oxygens (including phenoxy) is 1. The highest BCUT2D eigenvalue weighted by atomic mass is 35.5. The SMILES string of the molecule is Oc1c(Cl)cc(Cl)cc1-c1nc(COCC(F)(F)F)no1. The smallest absolute Gasteiger partial charge is 0.411 e. The predicted octanol–water partition coefficient (Wildman–Crippen LogP) is 3.83. The number of halogens is 5. The van der Waals surface area contributed by atoms with Crippen LogP contribution < -0.4 is 0 Å². The second-order valence-electron chi connectivity index (χ2n) is 3.91. The van der Waals surface area contributed by atoms with Gasteiger partial charge in [0, 0.05) is 5.02 Å². The minimum atomic E-state index is -4.44. The van der Waals surface area contributed by atoms with Gasteiger partial charge in [0.05, 0.1) is 10.6 Å². The van der Waals surface area contributed by atoms with Crippen LogP contribution in [0, 0.1) is 0 Å². The van der Waals surface area contributed by atoms with E-state index in [1.54, 1.807) is 0 Å². The van der Waals surface area contributed by atoms with Crippen LogP contribution in [0.4, 0.5) is 13.2 Å². The van der Waals surface area contributed by atoms with Gasteiger partial charge >= 0.3 is 6.18 Å². The van der Waals surface area contributed by atoms with Crippen LogP contribution in [0.5, 0.6) is 5.75 Å². The van der Waals surface area contributed by atoms with Gasteiger partial charge in [-0.25, -0.2) is 0 Å². The highest BCUT2D eigenvalue weighted by molar-refractivity contribution is 6.36. The van der Waals surface area contributed by atoms with E-state index in [9.17, 15) is 18.3 Å². The van der Waals surface area contributed by atoms with Crippen molar-refractivity contribution in [1.82, 2.24) is 10.1 Å². The quantitative estimate of drug-likeness (QED) is 0.914. The van der Waals surface area contributed by atoms with E-state index in [0.29, 0.717) is 0 Å². The molecule has 1 aromatic carbocycles. The van der Waals surface area contributed by atoms with Gasteiger partial charge in [0.2, 0.25) is 0 Å². The fourth-order valence-electron chi connectivity index (χ4n) is 1.41. The number of rotatable bonds is 4. The van der Waals surface area contributed by atoms with Crippen LogP contribution in [0.2, 0.25) is 10.0 Å². The van der Waals surface area contributed by atoms with Crippen molar-refractivity contribution in [3.8, 4) is 17.2 Å². The van der Waals surface area contributed by atoms with Crippen LogP contribution in [0.3, 0.4) is 0 Å². The van der Waals surface area contributed by atoms with Crippen LogP contribution in [0.15, 0.2) is 16.7 Å². The summed E-state index contributed by atoms with van der Waals surface area (Å²) in [5.74, 6) is -0.570. The molecule has 0 aliphatic carbocycles. The number of benzene rings is 1. The fourth-order valence-corrected chi connectivity index (χ4v) is 1.90. The van der Waals surface area contributed by atoms with E-state index < -0.39 is 19.4 Å². The van der Waals surface area contributed by atoms with Crippen molar-refractivity contribution < 1.29 is 27.5 Å².